The maximum Gasteiger partial charge on any atom is -0.00128 e. The zero-order valence-corrected chi connectivity index (χ0v) is 7.60. The van der Waals surface area contributed by atoms with Gasteiger partial charge in [-0.1, -0.05) is 0 Å². The minimum absolute atomic E-state index is 0. The van der Waals surface area contributed by atoms with Crippen LogP contribution in [-0.2, 0) is 0 Å². The molecule has 0 rings (SSSR count). The molecular weight excluding hydrogens is 163 g/mol. The molecule has 0 spiro atoms. The second-order valence-corrected chi connectivity index (χ2v) is 1.95. The molecule has 0 radical (unpaired) electrons. The molecule has 0 unspecified atom stereocenters. The quantitative estimate of drug-likeness (QED) is 0.511. The first-order valence-electron chi connectivity index (χ1n) is 2.62. The molecule has 0 bridgehead atoms. The summed E-state index contributed by atoms with van der Waals surface area (Å²) < 4.78 is 0. The lowest BCUT2D eigenvalue weighted by atomic mass is 11.2. The third-order valence-corrected chi connectivity index (χ3v) is 0.809. The molecule has 0 aromatic heterocycles. The molecule has 0 aliphatic rings. The summed E-state index contributed by atoms with van der Waals surface area (Å²) in [6.45, 7) is 1.91. The fourth-order valence-corrected chi connectivity index (χ4v) is 0.408. The van der Waals surface area contributed by atoms with Crippen LogP contribution < -0.4 is 5.73 Å². The van der Waals surface area contributed by atoms with Gasteiger partial charge in [-0.15, -0.1) is 24.8 Å². The number of halogens is 2. The van der Waals surface area contributed by atoms with Gasteiger partial charge in [0.1, 0.15) is 0 Å². The fraction of sp³-hybridized carbons (Fsp3) is 1.00. The van der Waals surface area contributed by atoms with Crippen LogP contribution in [0.15, 0.2) is 0 Å². The molecule has 0 fully saturated rings. The van der Waals surface area contributed by atoms with Crippen molar-refractivity contribution in [3.63, 3.8) is 0 Å². The van der Waals surface area contributed by atoms with Crippen molar-refractivity contribution in [1.82, 2.24) is 4.90 Å². The highest BCUT2D eigenvalue weighted by Gasteiger charge is 1.83. The van der Waals surface area contributed by atoms with E-state index in [1.54, 1.807) is 0 Å². The van der Waals surface area contributed by atoms with Crippen LogP contribution >= 0.6 is 24.8 Å². The summed E-state index contributed by atoms with van der Waals surface area (Å²) >= 11 is 0. The predicted octanol–water partition coefficient (Wildman–Crippen LogP) is 0.740. The van der Waals surface area contributed by atoms with Crippen molar-refractivity contribution in [3.05, 3.63) is 0 Å². The second kappa shape index (κ2) is 11.3. The number of hydrogen-bond acceptors (Lipinski definition) is 2. The highest BCUT2D eigenvalue weighted by molar-refractivity contribution is 5.85. The zero-order valence-electron chi connectivity index (χ0n) is 5.96. The van der Waals surface area contributed by atoms with E-state index >= 15 is 0 Å². The van der Waals surface area contributed by atoms with Gasteiger partial charge in [0, 0.05) is 0 Å². The predicted molar refractivity (Wildman–Crippen MR) is 46.7 cm³/mol. The first kappa shape index (κ1) is 16.2. The Hall–Kier alpha value is 0.500. The molecule has 0 atom stereocenters. The SMILES string of the molecule is C[15N](C)[13CH2][13CH2][13CH2]N.Cl.Cl. The van der Waals surface area contributed by atoms with E-state index in [4.69, 9.17) is 5.73 Å². The van der Waals surface area contributed by atoms with Gasteiger partial charge in [0.2, 0.25) is 0 Å². The van der Waals surface area contributed by atoms with Crippen LogP contribution in [0.25, 0.3) is 0 Å². The Morgan fingerprint density at radius 3 is 1.78 bits per heavy atom. The Morgan fingerprint density at radius 1 is 1.22 bits per heavy atom. The Kier molecular flexibility index (Phi) is 20.4. The van der Waals surface area contributed by atoms with Crippen LogP contribution in [-0.4, -0.2) is 32.1 Å². The molecule has 0 saturated carbocycles. The van der Waals surface area contributed by atoms with Crippen molar-refractivity contribution < 1.29 is 0 Å². The summed E-state index contributed by atoms with van der Waals surface area (Å²) in [5.74, 6) is 0. The average molecular weight is 179 g/mol. The largest absolute Gasteiger partial charge is 0.330 e. The lowest BCUT2D eigenvalue weighted by molar-refractivity contribution is 0.403. The van der Waals surface area contributed by atoms with Gasteiger partial charge >= 0.3 is 0 Å². The summed E-state index contributed by atoms with van der Waals surface area (Å²) in [5.41, 5.74) is 5.25. The maximum atomic E-state index is 5.25. The van der Waals surface area contributed by atoms with Crippen molar-refractivity contribution in [3.8, 4) is 0 Å². The van der Waals surface area contributed by atoms with Crippen molar-refractivity contribution in [2.45, 2.75) is 6.42 Å². The highest BCUT2D eigenvalue weighted by Crippen LogP contribution is 1.76. The summed E-state index contributed by atoms with van der Waals surface area (Å²) in [4.78, 5) is 2.13. The average Bonchev–Trinajstić information content (AvgIpc) is 1.61. The molecule has 60 valence electrons. The molecule has 0 aromatic rings. The van der Waals surface area contributed by atoms with E-state index in [9.17, 15) is 0 Å². The van der Waals surface area contributed by atoms with Crippen molar-refractivity contribution in [2.75, 3.05) is 27.2 Å². The molecule has 2 N–H and O–H groups in total. The normalized spacial score (nSPS) is 8.00. The highest BCUT2D eigenvalue weighted by atomic mass is 35.5. The lowest BCUT2D eigenvalue weighted by Crippen LogP contribution is -2.16. The number of nitrogens with zero attached hydrogens (tertiary/aromatic N) is 1. The Labute approximate surface area is 69.6 Å². The molecule has 0 aliphatic heterocycles. The summed E-state index contributed by atoms with van der Waals surface area (Å²) in [5, 5.41) is 0. The number of hydrogen-bond donors (Lipinski definition) is 1. The van der Waals surface area contributed by atoms with E-state index in [-0.39, 0.29) is 24.8 Å². The lowest BCUT2D eigenvalue weighted by Gasteiger charge is -2.05. The van der Waals surface area contributed by atoms with E-state index in [1.165, 1.54) is 0 Å². The molecule has 0 saturated heterocycles. The molecule has 0 aromatic carbocycles. The van der Waals surface area contributed by atoms with Crippen LogP contribution in [0.5, 0.6) is 0 Å². The zero-order chi connectivity index (χ0) is 5.70. The van der Waals surface area contributed by atoms with Crippen LogP contribution in [0.1, 0.15) is 6.42 Å². The molecule has 9 heavy (non-hydrogen) atoms. The van der Waals surface area contributed by atoms with Crippen molar-refractivity contribution >= 4 is 24.8 Å². The van der Waals surface area contributed by atoms with E-state index in [1.807, 2.05) is 0 Å². The Bertz CT molecular complexity index is 41.9. The van der Waals surface area contributed by atoms with Crippen molar-refractivity contribution in [1.29, 1.82) is 0 Å². The third kappa shape index (κ3) is 17.7. The van der Waals surface area contributed by atoms with Gasteiger partial charge in [0.15, 0.2) is 0 Å². The Balaban J connectivity index is -0.000000180. The molecule has 4 heteroatoms. The van der Waals surface area contributed by atoms with Crippen LogP contribution in [0.4, 0.5) is 0 Å². The summed E-state index contributed by atoms with van der Waals surface area (Å²) in [7, 11) is 4.10. The standard InChI is InChI=1S/C5H14N2.2ClH/c1-7(2)5-3-4-6;;/h3-6H2,1-2H3;2*1H/i3+1,4+1,5+1,7+1;;. The van der Waals surface area contributed by atoms with Gasteiger partial charge in [-0.05, 0) is 33.6 Å². The van der Waals surface area contributed by atoms with E-state index in [0.717, 1.165) is 19.5 Å². The second-order valence-electron chi connectivity index (χ2n) is 1.95. The van der Waals surface area contributed by atoms with Gasteiger partial charge in [-0.3, -0.25) is 0 Å². The third-order valence-electron chi connectivity index (χ3n) is 0.809. The molecule has 0 amide bonds. The van der Waals surface area contributed by atoms with E-state index < -0.39 is 0 Å². The molecule has 0 heterocycles. The van der Waals surface area contributed by atoms with Crippen LogP contribution in [0.3, 0.4) is 0 Å². The van der Waals surface area contributed by atoms with E-state index in [0.29, 0.717) is 0 Å². The van der Waals surface area contributed by atoms with Gasteiger partial charge in [0.25, 0.3) is 0 Å². The van der Waals surface area contributed by atoms with Crippen LogP contribution in [0.2, 0.25) is 0 Å². The summed E-state index contributed by atoms with van der Waals surface area (Å²) in [6.07, 6.45) is 1.10. The first-order chi connectivity index (χ1) is 3.27. The first-order valence-corrected chi connectivity index (χ1v) is 2.62. The fourth-order valence-electron chi connectivity index (χ4n) is 0.408. The van der Waals surface area contributed by atoms with Crippen molar-refractivity contribution in [2.24, 2.45) is 5.73 Å². The minimum atomic E-state index is 0. The smallest absolute Gasteiger partial charge is 0.00128 e. The topological polar surface area (TPSA) is 29.3 Å². The molecular formula is C5H16Cl2N2. The summed E-state index contributed by atoms with van der Waals surface area (Å²) in [6, 6.07) is 0. The maximum absolute atomic E-state index is 5.25. The molecule has 0 aliphatic carbocycles. The van der Waals surface area contributed by atoms with Gasteiger partial charge in [-0.25, -0.2) is 0 Å². The monoisotopic (exact) mass is 178 g/mol. The Morgan fingerprint density at radius 2 is 1.67 bits per heavy atom. The van der Waals surface area contributed by atoms with Gasteiger partial charge in [0.05, 0.1) is 0 Å². The van der Waals surface area contributed by atoms with Gasteiger partial charge in [-0.2, -0.15) is 0 Å². The van der Waals surface area contributed by atoms with Gasteiger partial charge < -0.3 is 10.6 Å². The van der Waals surface area contributed by atoms with Crippen LogP contribution in [0, 0.1) is 0 Å². The number of nitrogens with two attached hydrogens (primary N) is 1. The van der Waals surface area contributed by atoms with E-state index in [2.05, 4.69) is 19.0 Å². The molecule has 2 nitrogen and oxygen atoms in total. The number of rotatable bonds is 3. The minimum Gasteiger partial charge on any atom is -0.330 e.